The van der Waals surface area contributed by atoms with Gasteiger partial charge in [-0.15, -0.1) is 0 Å². The zero-order valence-electron chi connectivity index (χ0n) is 18.3. The van der Waals surface area contributed by atoms with Gasteiger partial charge in [0, 0.05) is 16.8 Å². The highest BCUT2D eigenvalue weighted by molar-refractivity contribution is 7.76. The number of hydrogen-bond donors (Lipinski definition) is 2. The molecule has 5 heteroatoms. The van der Waals surface area contributed by atoms with E-state index in [2.05, 4.69) is 42.1 Å². The molecule has 1 heterocycles. The Morgan fingerprint density at radius 3 is 1.91 bits per heavy atom. The highest BCUT2D eigenvalue weighted by Gasteiger charge is 2.34. The van der Waals surface area contributed by atoms with Crippen LogP contribution in [0, 0.1) is 13.8 Å². The van der Waals surface area contributed by atoms with E-state index in [0.29, 0.717) is 0 Å². The van der Waals surface area contributed by atoms with Crippen molar-refractivity contribution in [1.82, 2.24) is 10.1 Å². The molecule has 0 bridgehead atoms. The van der Waals surface area contributed by atoms with Gasteiger partial charge in [-0.3, -0.25) is 14.6 Å². The Kier molecular flexibility index (Phi) is 6.66. The summed E-state index contributed by atoms with van der Waals surface area (Å²) in [5, 5.41) is 5.00. The molecule has 4 rings (SSSR count). The molecule has 0 aliphatic rings. The predicted octanol–water partition coefficient (Wildman–Crippen LogP) is 4.96. The largest absolute Gasteiger partial charge is 0.321 e. The van der Waals surface area contributed by atoms with E-state index < -0.39 is 19.4 Å². The Morgan fingerprint density at radius 2 is 1.38 bits per heavy atom. The fourth-order valence-electron chi connectivity index (χ4n) is 3.83. The second kappa shape index (κ2) is 9.62. The third-order valence-electron chi connectivity index (χ3n) is 5.84. The number of benzene rings is 3. The molecule has 0 fully saturated rings. The Labute approximate surface area is 190 Å². The fourth-order valence-corrected chi connectivity index (χ4v) is 6.32. The average Bonchev–Trinajstić information content (AvgIpc) is 2.85. The van der Waals surface area contributed by atoms with E-state index in [-0.39, 0.29) is 0 Å². The maximum absolute atomic E-state index is 14.7. The van der Waals surface area contributed by atoms with E-state index in [1.54, 1.807) is 6.20 Å². The lowest BCUT2D eigenvalue weighted by molar-refractivity contribution is 0.503. The number of aromatic nitrogens is 1. The number of nitrogens with zero attached hydrogens (tertiary/aromatic N) is 1. The molecule has 0 spiro atoms. The first kappa shape index (κ1) is 22.2. The van der Waals surface area contributed by atoms with E-state index in [1.807, 2.05) is 78.9 Å². The van der Waals surface area contributed by atoms with Crippen LogP contribution in [0.4, 0.5) is 0 Å². The molecule has 2 atom stereocenters. The van der Waals surface area contributed by atoms with Gasteiger partial charge in [0.25, 0.3) is 0 Å². The molecule has 0 aliphatic carbocycles. The zero-order valence-corrected chi connectivity index (χ0v) is 19.2. The lowest BCUT2D eigenvalue weighted by Gasteiger charge is -2.31. The first-order valence-electron chi connectivity index (χ1n) is 10.7. The van der Waals surface area contributed by atoms with Crippen LogP contribution in [-0.2, 0) is 4.57 Å². The number of aryl methyl sites for hydroxylation is 2. The van der Waals surface area contributed by atoms with Crippen LogP contribution < -0.4 is 21.4 Å². The van der Waals surface area contributed by atoms with E-state index in [0.717, 1.165) is 27.4 Å². The Balaban J connectivity index is 1.85. The molecule has 162 valence electrons. The summed E-state index contributed by atoms with van der Waals surface area (Å²) in [7, 11) is -3.20. The SMILES string of the molecule is Cc1ccc([C@H](NP(=O)(c2ccccc2)c2ccccc2)[C@@H](N)c2ccccn2)cc1C. The number of pyridine rings is 1. The molecule has 3 aromatic carbocycles. The Bertz CT molecular complexity index is 1170. The molecule has 4 aromatic rings. The van der Waals surface area contributed by atoms with E-state index >= 15 is 0 Å². The molecule has 0 unspecified atom stereocenters. The molecule has 1 aromatic heterocycles. The van der Waals surface area contributed by atoms with Gasteiger partial charge < -0.3 is 5.73 Å². The number of nitrogens with two attached hydrogens (primary N) is 1. The topological polar surface area (TPSA) is 68.0 Å². The summed E-state index contributed by atoms with van der Waals surface area (Å²) in [6.45, 7) is 4.16. The molecular formula is C27H28N3OP. The highest BCUT2D eigenvalue weighted by atomic mass is 31.2. The third-order valence-corrected chi connectivity index (χ3v) is 8.53. The van der Waals surface area contributed by atoms with Gasteiger partial charge in [0.15, 0.2) is 0 Å². The molecule has 3 N–H and O–H groups in total. The summed E-state index contributed by atoms with van der Waals surface area (Å²) in [6.07, 6.45) is 1.74. The summed E-state index contributed by atoms with van der Waals surface area (Å²) in [5.41, 5.74) is 10.9. The first-order chi connectivity index (χ1) is 15.5. The Hall–Kier alpha value is -3.04. The van der Waals surface area contributed by atoms with E-state index in [4.69, 9.17) is 5.73 Å². The highest BCUT2D eigenvalue weighted by Crippen LogP contribution is 2.44. The monoisotopic (exact) mass is 441 g/mol. The normalized spacial score (nSPS) is 13.5. The molecule has 0 saturated carbocycles. The van der Waals surface area contributed by atoms with Crippen LogP contribution in [0.15, 0.2) is 103 Å². The molecular weight excluding hydrogens is 413 g/mol. The second-order valence-electron chi connectivity index (χ2n) is 8.01. The van der Waals surface area contributed by atoms with E-state index in [1.165, 1.54) is 5.56 Å². The summed E-state index contributed by atoms with van der Waals surface area (Å²) in [4.78, 5) is 4.49. The van der Waals surface area contributed by atoms with E-state index in [9.17, 15) is 4.57 Å². The summed E-state index contributed by atoms with van der Waals surface area (Å²) >= 11 is 0. The van der Waals surface area contributed by atoms with Crippen molar-refractivity contribution < 1.29 is 4.57 Å². The molecule has 0 saturated heterocycles. The van der Waals surface area contributed by atoms with Crippen molar-refractivity contribution in [1.29, 1.82) is 0 Å². The molecule has 0 aliphatic heterocycles. The van der Waals surface area contributed by atoms with Crippen molar-refractivity contribution in [3.63, 3.8) is 0 Å². The van der Waals surface area contributed by atoms with Gasteiger partial charge in [0.1, 0.15) is 0 Å². The van der Waals surface area contributed by atoms with Gasteiger partial charge in [-0.05, 0) is 66.9 Å². The summed E-state index contributed by atoms with van der Waals surface area (Å²) < 4.78 is 14.7. The molecule has 32 heavy (non-hydrogen) atoms. The van der Waals surface area contributed by atoms with Crippen molar-refractivity contribution in [2.45, 2.75) is 25.9 Å². The van der Waals surface area contributed by atoms with Gasteiger partial charge in [0.2, 0.25) is 7.29 Å². The van der Waals surface area contributed by atoms with Gasteiger partial charge in [-0.25, -0.2) is 0 Å². The first-order valence-corrected chi connectivity index (χ1v) is 12.4. The van der Waals surface area contributed by atoms with Crippen LogP contribution in [0.1, 0.15) is 34.5 Å². The summed E-state index contributed by atoms with van der Waals surface area (Å²) in [6, 6.07) is 30.2. The van der Waals surface area contributed by atoms with Gasteiger partial charge in [-0.1, -0.05) is 60.7 Å². The van der Waals surface area contributed by atoms with Crippen LogP contribution >= 0.6 is 7.29 Å². The Morgan fingerprint density at radius 1 is 0.781 bits per heavy atom. The lowest BCUT2D eigenvalue weighted by Crippen LogP contribution is -2.36. The quantitative estimate of drug-likeness (QED) is 0.398. The smallest absolute Gasteiger partial charge is 0.205 e. The number of rotatable bonds is 7. The van der Waals surface area contributed by atoms with Crippen LogP contribution in [0.2, 0.25) is 0 Å². The van der Waals surface area contributed by atoms with Gasteiger partial charge in [-0.2, -0.15) is 0 Å². The van der Waals surface area contributed by atoms with Crippen molar-refractivity contribution in [3.05, 3.63) is 126 Å². The van der Waals surface area contributed by atoms with Gasteiger partial charge in [0.05, 0.1) is 17.8 Å². The van der Waals surface area contributed by atoms with Crippen molar-refractivity contribution >= 4 is 17.9 Å². The third kappa shape index (κ3) is 4.58. The van der Waals surface area contributed by atoms with Crippen LogP contribution in [0.25, 0.3) is 0 Å². The average molecular weight is 442 g/mol. The second-order valence-corrected chi connectivity index (χ2v) is 10.5. The summed E-state index contributed by atoms with van der Waals surface area (Å²) in [5.74, 6) is 0. The minimum absolute atomic E-state index is 0.407. The lowest BCUT2D eigenvalue weighted by atomic mass is 9.95. The van der Waals surface area contributed by atoms with Crippen molar-refractivity contribution in [2.75, 3.05) is 0 Å². The number of hydrogen-bond acceptors (Lipinski definition) is 3. The van der Waals surface area contributed by atoms with Crippen LogP contribution in [-0.4, -0.2) is 4.98 Å². The fraction of sp³-hybridized carbons (Fsp3) is 0.148. The molecule has 4 nitrogen and oxygen atoms in total. The number of nitrogens with one attached hydrogen (secondary N) is 1. The maximum atomic E-state index is 14.7. The zero-order chi connectivity index (χ0) is 22.6. The van der Waals surface area contributed by atoms with Crippen LogP contribution in [0.3, 0.4) is 0 Å². The predicted molar refractivity (Wildman–Crippen MR) is 133 cm³/mol. The van der Waals surface area contributed by atoms with Crippen molar-refractivity contribution in [3.8, 4) is 0 Å². The molecule has 0 radical (unpaired) electrons. The standard InChI is InChI=1S/C27H28N3OP/c1-20-16-17-22(19-21(20)2)27(26(28)25-15-9-10-18-29-25)30-32(31,23-11-5-3-6-12-23)24-13-7-4-8-14-24/h3-19,26-27H,28H2,1-2H3,(H,30,31)/t26-,27-/m0/s1. The minimum Gasteiger partial charge on any atom is -0.321 e. The maximum Gasteiger partial charge on any atom is 0.205 e. The minimum atomic E-state index is -3.20. The molecule has 0 amide bonds. The van der Waals surface area contributed by atoms with Gasteiger partial charge >= 0.3 is 0 Å². The van der Waals surface area contributed by atoms with Crippen LogP contribution in [0.5, 0.6) is 0 Å². The van der Waals surface area contributed by atoms with Crippen molar-refractivity contribution in [2.24, 2.45) is 5.73 Å².